The molecule has 0 aromatic heterocycles. The summed E-state index contributed by atoms with van der Waals surface area (Å²) < 4.78 is 23.4. The Balaban J connectivity index is 1.61. The minimum Gasteiger partial charge on any atom is -0.403 e. The third kappa shape index (κ3) is 1.92. The van der Waals surface area contributed by atoms with Crippen molar-refractivity contribution in [1.82, 2.24) is 0 Å². The van der Waals surface area contributed by atoms with E-state index < -0.39 is 0 Å². The highest BCUT2D eigenvalue weighted by atomic mass is 16.7. The van der Waals surface area contributed by atoms with Crippen LogP contribution in [0.15, 0.2) is 0 Å². The molecule has 102 valence electrons. The van der Waals surface area contributed by atoms with E-state index in [1.807, 2.05) is 0 Å². The lowest BCUT2D eigenvalue weighted by molar-refractivity contribution is -0.226. The number of hydrogen-bond acceptors (Lipinski definition) is 4. The molecule has 3 heterocycles. The van der Waals surface area contributed by atoms with E-state index in [1.54, 1.807) is 0 Å². The molecule has 0 aliphatic carbocycles. The zero-order valence-electron chi connectivity index (χ0n) is 11.8. The topological polar surface area (TPSA) is 36.9 Å². The molecule has 1 atom stereocenters. The molecular weight excluding hydrogens is 231 g/mol. The molecular formula is C13H23BO4. The van der Waals surface area contributed by atoms with Gasteiger partial charge in [0.2, 0.25) is 0 Å². The second-order valence-corrected chi connectivity index (χ2v) is 6.91. The molecule has 0 aromatic rings. The van der Waals surface area contributed by atoms with Gasteiger partial charge in [-0.1, -0.05) is 0 Å². The summed E-state index contributed by atoms with van der Waals surface area (Å²) in [5.74, 6) is 0.345. The van der Waals surface area contributed by atoms with E-state index in [0.29, 0.717) is 5.82 Å². The van der Waals surface area contributed by atoms with Crippen LogP contribution in [0.25, 0.3) is 0 Å². The van der Waals surface area contributed by atoms with Crippen molar-refractivity contribution in [2.24, 2.45) is 0 Å². The minimum atomic E-state index is -0.244. The maximum absolute atomic E-state index is 6.09. The Hall–Kier alpha value is -0.0951. The largest absolute Gasteiger partial charge is 0.463 e. The van der Waals surface area contributed by atoms with E-state index in [0.717, 1.165) is 32.7 Å². The van der Waals surface area contributed by atoms with E-state index in [1.165, 1.54) is 0 Å². The van der Waals surface area contributed by atoms with Crippen molar-refractivity contribution in [3.8, 4) is 0 Å². The fourth-order valence-corrected chi connectivity index (χ4v) is 2.74. The lowest BCUT2D eigenvalue weighted by atomic mass is 9.67. The second kappa shape index (κ2) is 3.95. The number of rotatable bonds is 1. The summed E-state index contributed by atoms with van der Waals surface area (Å²) in [6, 6.07) is 0. The molecule has 5 heteroatoms. The lowest BCUT2D eigenvalue weighted by Crippen LogP contribution is -2.55. The SMILES string of the molecule is CC1(C)OB(C2CCC3(COC3)OC2)OC1(C)C. The molecule has 0 saturated carbocycles. The Labute approximate surface area is 109 Å². The molecule has 4 nitrogen and oxygen atoms in total. The first kappa shape index (κ1) is 12.9. The summed E-state index contributed by atoms with van der Waals surface area (Å²) in [5.41, 5.74) is -0.473. The molecule has 3 rings (SSSR count). The molecule has 1 unspecified atom stereocenters. The summed E-state index contributed by atoms with van der Waals surface area (Å²) in [4.78, 5) is 0. The van der Waals surface area contributed by atoms with Crippen molar-refractivity contribution in [3.05, 3.63) is 0 Å². The molecule has 3 fully saturated rings. The minimum absolute atomic E-state index is 0.0140. The first-order valence-corrected chi connectivity index (χ1v) is 6.91. The van der Waals surface area contributed by atoms with Crippen LogP contribution in [-0.4, -0.2) is 43.7 Å². The summed E-state index contributed by atoms with van der Waals surface area (Å²) in [5, 5.41) is 0. The van der Waals surface area contributed by atoms with E-state index in [9.17, 15) is 0 Å². The van der Waals surface area contributed by atoms with Gasteiger partial charge in [0, 0.05) is 12.4 Å². The highest BCUT2D eigenvalue weighted by Gasteiger charge is 2.55. The van der Waals surface area contributed by atoms with Crippen LogP contribution in [0, 0.1) is 0 Å². The summed E-state index contributed by atoms with van der Waals surface area (Å²) in [6.45, 7) is 10.6. The standard InChI is InChI=1S/C13H23BO4/c1-11(2)12(3,4)18-14(17-11)10-5-6-13(16-7-10)8-15-9-13/h10H,5-9H2,1-4H3. The van der Waals surface area contributed by atoms with Crippen molar-refractivity contribution in [2.75, 3.05) is 19.8 Å². The quantitative estimate of drug-likeness (QED) is 0.671. The molecule has 3 aliphatic heterocycles. The molecule has 1 spiro atoms. The van der Waals surface area contributed by atoms with Crippen molar-refractivity contribution < 1.29 is 18.8 Å². The van der Waals surface area contributed by atoms with Gasteiger partial charge in [0.05, 0.1) is 24.4 Å². The van der Waals surface area contributed by atoms with Crippen molar-refractivity contribution >= 4 is 7.12 Å². The van der Waals surface area contributed by atoms with Crippen LogP contribution in [0.5, 0.6) is 0 Å². The van der Waals surface area contributed by atoms with Crippen LogP contribution in [0.4, 0.5) is 0 Å². The summed E-state index contributed by atoms with van der Waals surface area (Å²) >= 11 is 0. The molecule has 0 bridgehead atoms. The second-order valence-electron chi connectivity index (χ2n) is 6.91. The van der Waals surface area contributed by atoms with Crippen molar-refractivity contribution in [1.29, 1.82) is 0 Å². The fraction of sp³-hybridized carbons (Fsp3) is 1.00. The van der Waals surface area contributed by atoms with Crippen LogP contribution in [0.1, 0.15) is 40.5 Å². The van der Waals surface area contributed by atoms with Crippen molar-refractivity contribution in [3.63, 3.8) is 0 Å². The molecule has 3 aliphatic rings. The maximum atomic E-state index is 6.09. The van der Waals surface area contributed by atoms with Crippen LogP contribution in [0.2, 0.25) is 5.82 Å². The highest BCUT2D eigenvalue weighted by molar-refractivity contribution is 6.47. The number of hydrogen-bond donors (Lipinski definition) is 0. The number of ether oxygens (including phenoxy) is 2. The molecule has 3 saturated heterocycles. The van der Waals surface area contributed by atoms with Gasteiger partial charge in [-0.05, 0) is 40.5 Å². The van der Waals surface area contributed by atoms with E-state index in [4.69, 9.17) is 18.8 Å². The van der Waals surface area contributed by atoms with Gasteiger partial charge in [0.15, 0.2) is 0 Å². The third-order valence-corrected chi connectivity index (χ3v) is 4.96. The monoisotopic (exact) mass is 254 g/mol. The van der Waals surface area contributed by atoms with E-state index in [2.05, 4.69) is 27.7 Å². The van der Waals surface area contributed by atoms with Gasteiger partial charge in [-0.15, -0.1) is 0 Å². The van der Waals surface area contributed by atoms with Gasteiger partial charge in [-0.2, -0.15) is 0 Å². The zero-order chi connectivity index (χ0) is 13.0. The van der Waals surface area contributed by atoms with Gasteiger partial charge in [0.25, 0.3) is 0 Å². The van der Waals surface area contributed by atoms with Gasteiger partial charge in [-0.3, -0.25) is 0 Å². The molecule has 0 N–H and O–H groups in total. The Kier molecular flexibility index (Phi) is 2.83. The Morgan fingerprint density at radius 1 is 1.00 bits per heavy atom. The predicted molar refractivity (Wildman–Crippen MR) is 68.6 cm³/mol. The maximum Gasteiger partial charge on any atom is 0.463 e. The summed E-state index contributed by atoms with van der Waals surface area (Å²) in [7, 11) is -0.131. The van der Waals surface area contributed by atoms with Gasteiger partial charge < -0.3 is 18.8 Å². The summed E-state index contributed by atoms with van der Waals surface area (Å²) in [6.07, 6.45) is 2.15. The Bertz CT molecular complexity index is 312. The third-order valence-electron chi connectivity index (χ3n) is 4.96. The van der Waals surface area contributed by atoms with Gasteiger partial charge >= 0.3 is 7.12 Å². The van der Waals surface area contributed by atoms with E-state index >= 15 is 0 Å². The smallest absolute Gasteiger partial charge is 0.403 e. The first-order valence-electron chi connectivity index (χ1n) is 6.91. The zero-order valence-corrected chi connectivity index (χ0v) is 11.8. The molecule has 0 aromatic carbocycles. The lowest BCUT2D eigenvalue weighted by Gasteiger charge is -2.46. The first-order chi connectivity index (χ1) is 8.34. The predicted octanol–water partition coefficient (Wildman–Crippen LogP) is 2.03. The fourth-order valence-electron chi connectivity index (χ4n) is 2.74. The van der Waals surface area contributed by atoms with Crippen LogP contribution in [-0.2, 0) is 18.8 Å². The van der Waals surface area contributed by atoms with E-state index in [-0.39, 0.29) is 23.9 Å². The van der Waals surface area contributed by atoms with Gasteiger partial charge in [-0.25, -0.2) is 0 Å². The molecule has 0 radical (unpaired) electrons. The van der Waals surface area contributed by atoms with Crippen LogP contribution < -0.4 is 0 Å². The van der Waals surface area contributed by atoms with Crippen LogP contribution >= 0.6 is 0 Å². The molecule has 18 heavy (non-hydrogen) atoms. The highest BCUT2D eigenvalue weighted by Crippen LogP contribution is 2.44. The van der Waals surface area contributed by atoms with Crippen LogP contribution in [0.3, 0.4) is 0 Å². The average molecular weight is 254 g/mol. The van der Waals surface area contributed by atoms with Crippen molar-refractivity contribution in [2.45, 2.75) is 63.2 Å². The molecule has 0 amide bonds. The Morgan fingerprint density at radius 2 is 1.61 bits per heavy atom. The average Bonchev–Trinajstić information content (AvgIpc) is 2.46. The normalized spacial score (nSPS) is 36.7. The van der Waals surface area contributed by atoms with Gasteiger partial charge in [0.1, 0.15) is 5.60 Å². The Morgan fingerprint density at radius 3 is 2.00 bits per heavy atom.